The molecule has 1 N–H and O–H groups in total. The first-order valence-corrected chi connectivity index (χ1v) is 11.5. The minimum atomic E-state index is -0.311. The van der Waals surface area contributed by atoms with Crippen molar-refractivity contribution in [3.05, 3.63) is 63.1 Å². The van der Waals surface area contributed by atoms with Gasteiger partial charge < -0.3 is 14.8 Å². The number of ether oxygens (including phenoxy) is 2. The molecule has 0 spiro atoms. The Balaban J connectivity index is 1.99. The SMILES string of the molecule is CCOC(=O)CCNC(=O)c1ccc(C(COc2cc(C)c(Br)c(C)c2)C(C)C)cc1. The van der Waals surface area contributed by atoms with Gasteiger partial charge in [-0.3, -0.25) is 9.59 Å². The van der Waals surface area contributed by atoms with E-state index < -0.39 is 0 Å². The van der Waals surface area contributed by atoms with Gasteiger partial charge in [0.25, 0.3) is 5.91 Å². The lowest BCUT2D eigenvalue weighted by Gasteiger charge is -2.22. The Labute approximate surface area is 193 Å². The van der Waals surface area contributed by atoms with Crippen LogP contribution in [0.2, 0.25) is 0 Å². The second kappa shape index (κ2) is 11.9. The summed E-state index contributed by atoms with van der Waals surface area (Å²) in [6, 6.07) is 11.7. The van der Waals surface area contributed by atoms with E-state index in [0.717, 1.165) is 26.9 Å². The first kappa shape index (κ1) is 24.9. The summed E-state index contributed by atoms with van der Waals surface area (Å²) in [6.45, 7) is 11.4. The number of nitrogens with one attached hydrogen (secondary N) is 1. The Bertz CT molecular complexity index is 870. The van der Waals surface area contributed by atoms with E-state index in [1.54, 1.807) is 6.92 Å². The molecule has 6 heteroatoms. The molecule has 168 valence electrons. The number of benzene rings is 2. The summed E-state index contributed by atoms with van der Waals surface area (Å²) in [4.78, 5) is 23.7. The molecule has 0 aliphatic heterocycles. The summed E-state index contributed by atoms with van der Waals surface area (Å²) in [5.41, 5.74) is 3.99. The van der Waals surface area contributed by atoms with E-state index in [4.69, 9.17) is 9.47 Å². The van der Waals surface area contributed by atoms with Crippen LogP contribution in [-0.2, 0) is 9.53 Å². The Morgan fingerprint density at radius 1 is 1.06 bits per heavy atom. The minimum absolute atomic E-state index is 0.166. The number of hydrogen-bond donors (Lipinski definition) is 1. The summed E-state index contributed by atoms with van der Waals surface area (Å²) in [7, 11) is 0. The van der Waals surface area contributed by atoms with Crippen LogP contribution in [0.5, 0.6) is 5.75 Å². The first-order chi connectivity index (χ1) is 14.7. The van der Waals surface area contributed by atoms with Gasteiger partial charge in [-0.05, 0) is 67.6 Å². The van der Waals surface area contributed by atoms with Gasteiger partial charge in [-0.1, -0.05) is 41.9 Å². The topological polar surface area (TPSA) is 64.6 Å². The summed E-state index contributed by atoms with van der Waals surface area (Å²) >= 11 is 3.59. The third-order valence-corrected chi connectivity index (χ3v) is 6.42. The van der Waals surface area contributed by atoms with Crippen molar-refractivity contribution in [1.29, 1.82) is 0 Å². The molecule has 0 saturated heterocycles. The molecule has 1 atom stereocenters. The maximum atomic E-state index is 12.3. The lowest BCUT2D eigenvalue weighted by Crippen LogP contribution is -2.26. The maximum Gasteiger partial charge on any atom is 0.307 e. The summed E-state index contributed by atoms with van der Waals surface area (Å²) < 4.78 is 12.1. The highest BCUT2D eigenvalue weighted by Gasteiger charge is 2.18. The molecule has 1 unspecified atom stereocenters. The zero-order valence-corrected chi connectivity index (χ0v) is 20.5. The fourth-order valence-electron chi connectivity index (χ4n) is 3.34. The summed E-state index contributed by atoms with van der Waals surface area (Å²) in [5, 5.41) is 2.75. The Morgan fingerprint density at radius 3 is 2.23 bits per heavy atom. The van der Waals surface area contributed by atoms with Crippen LogP contribution < -0.4 is 10.1 Å². The average Bonchev–Trinajstić information content (AvgIpc) is 2.72. The predicted molar refractivity (Wildman–Crippen MR) is 127 cm³/mol. The van der Waals surface area contributed by atoms with Crippen molar-refractivity contribution in [2.75, 3.05) is 19.8 Å². The number of halogens is 1. The van der Waals surface area contributed by atoms with Crippen LogP contribution in [0.4, 0.5) is 0 Å². The molecule has 31 heavy (non-hydrogen) atoms. The number of esters is 1. The van der Waals surface area contributed by atoms with Gasteiger partial charge in [-0.25, -0.2) is 0 Å². The molecule has 0 radical (unpaired) electrons. The van der Waals surface area contributed by atoms with Gasteiger partial charge in [0.15, 0.2) is 0 Å². The molecular formula is C25H32BrNO4. The van der Waals surface area contributed by atoms with Gasteiger partial charge in [-0.15, -0.1) is 0 Å². The Kier molecular flexibility index (Phi) is 9.56. The molecule has 0 aliphatic rings. The molecule has 0 fully saturated rings. The Morgan fingerprint density at radius 2 is 1.68 bits per heavy atom. The molecular weight excluding hydrogens is 458 g/mol. The lowest BCUT2D eigenvalue weighted by molar-refractivity contribution is -0.142. The van der Waals surface area contributed by atoms with Gasteiger partial charge in [0.05, 0.1) is 19.6 Å². The molecule has 2 rings (SSSR count). The van der Waals surface area contributed by atoms with E-state index in [2.05, 4.69) is 48.9 Å². The summed E-state index contributed by atoms with van der Waals surface area (Å²) in [6.07, 6.45) is 0.166. The molecule has 0 aliphatic carbocycles. The maximum absolute atomic E-state index is 12.3. The number of carbonyl (C=O) groups excluding carboxylic acids is 2. The van der Waals surface area contributed by atoms with Crippen molar-refractivity contribution in [2.24, 2.45) is 5.92 Å². The molecule has 0 saturated carbocycles. The first-order valence-electron chi connectivity index (χ1n) is 10.7. The van der Waals surface area contributed by atoms with Gasteiger partial charge >= 0.3 is 5.97 Å². The molecule has 0 heterocycles. The molecule has 2 aromatic rings. The number of rotatable bonds is 10. The third kappa shape index (κ3) is 7.39. The van der Waals surface area contributed by atoms with Crippen LogP contribution >= 0.6 is 15.9 Å². The van der Waals surface area contributed by atoms with Crippen molar-refractivity contribution in [1.82, 2.24) is 5.32 Å². The summed E-state index contributed by atoms with van der Waals surface area (Å²) in [5.74, 6) is 0.927. The Hall–Kier alpha value is -2.34. The highest BCUT2D eigenvalue weighted by Crippen LogP contribution is 2.29. The van der Waals surface area contributed by atoms with Crippen molar-refractivity contribution in [3.63, 3.8) is 0 Å². The second-order valence-corrected chi connectivity index (χ2v) is 8.76. The van der Waals surface area contributed by atoms with Crippen LogP contribution in [0.25, 0.3) is 0 Å². The highest BCUT2D eigenvalue weighted by atomic mass is 79.9. The fraction of sp³-hybridized carbons (Fsp3) is 0.440. The van der Waals surface area contributed by atoms with E-state index >= 15 is 0 Å². The van der Waals surface area contributed by atoms with Crippen molar-refractivity contribution in [3.8, 4) is 5.75 Å². The smallest absolute Gasteiger partial charge is 0.307 e. The van der Waals surface area contributed by atoms with E-state index in [-0.39, 0.29) is 30.8 Å². The number of aryl methyl sites for hydroxylation is 2. The number of amides is 1. The van der Waals surface area contributed by atoms with Crippen molar-refractivity contribution in [2.45, 2.75) is 47.0 Å². The van der Waals surface area contributed by atoms with E-state index in [9.17, 15) is 9.59 Å². The molecule has 5 nitrogen and oxygen atoms in total. The third-order valence-electron chi connectivity index (χ3n) is 5.17. The standard InChI is InChI=1S/C25H32BrNO4/c1-6-30-23(28)11-12-27-25(29)20-9-7-19(8-10-20)22(16(2)3)15-31-21-13-17(4)24(26)18(5)14-21/h7-10,13-14,16,22H,6,11-12,15H2,1-5H3,(H,27,29). The van der Waals surface area contributed by atoms with Crippen molar-refractivity contribution >= 4 is 27.8 Å². The van der Waals surface area contributed by atoms with Gasteiger partial charge in [0, 0.05) is 22.5 Å². The van der Waals surface area contributed by atoms with E-state index in [1.165, 1.54) is 0 Å². The molecule has 1 amide bonds. The monoisotopic (exact) mass is 489 g/mol. The van der Waals surface area contributed by atoms with E-state index in [1.807, 2.05) is 36.4 Å². The van der Waals surface area contributed by atoms with Crippen LogP contribution in [0, 0.1) is 19.8 Å². The quantitative estimate of drug-likeness (QED) is 0.443. The minimum Gasteiger partial charge on any atom is -0.493 e. The number of carbonyl (C=O) groups is 2. The molecule has 0 aromatic heterocycles. The molecule has 2 aromatic carbocycles. The second-order valence-electron chi connectivity index (χ2n) is 7.97. The van der Waals surface area contributed by atoms with Crippen LogP contribution in [0.1, 0.15) is 60.2 Å². The highest BCUT2D eigenvalue weighted by molar-refractivity contribution is 9.10. The van der Waals surface area contributed by atoms with Crippen LogP contribution in [-0.4, -0.2) is 31.6 Å². The van der Waals surface area contributed by atoms with Gasteiger partial charge in [0.2, 0.25) is 0 Å². The van der Waals surface area contributed by atoms with Crippen LogP contribution in [0.3, 0.4) is 0 Å². The lowest BCUT2D eigenvalue weighted by atomic mass is 9.88. The predicted octanol–water partition coefficient (Wildman–Crippen LogP) is 5.57. The largest absolute Gasteiger partial charge is 0.493 e. The van der Waals surface area contributed by atoms with Crippen molar-refractivity contribution < 1.29 is 19.1 Å². The van der Waals surface area contributed by atoms with Gasteiger partial charge in [0.1, 0.15) is 5.75 Å². The zero-order valence-electron chi connectivity index (χ0n) is 19.0. The van der Waals surface area contributed by atoms with Crippen LogP contribution in [0.15, 0.2) is 40.9 Å². The fourth-order valence-corrected chi connectivity index (χ4v) is 3.57. The molecule has 0 bridgehead atoms. The average molecular weight is 490 g/mol. The zero-order chi connectivity index (χ0) is 23.0. The number of hydrogen-bond acceptors (Lipinski definition) is 4. The van der Waals surface area contributed by atoms with E-state index in [0.29, 0.717) is 24.7 Å². The van der Waals surface area contributed by atoms with Gasteiger partial charge in [-0.2, -0.15) is 0 Å². The normalized spacial score (nSPS) is 11.8.